The minimum Gasteiger partial charge on any atom is -0.392 e. The van der Waals surface area contributed by atoms with Gasteiger partial charge < -0.3 is 10.8 Å². The van der Waals surface area contributed by atoms with E-state index in [0.29, 0.717) is 10.8 Å². The molecule has 0 bridgehead atoms. The number of nitrogens with zero attached hydrogens (tertiary/aromatic N) is 2. The lowest BCUT2D eigenvalue weighted by atomic mass is 10.1. The van der Waals surface area contributed by atoms with Gasteiger partial charge in [-0.1, -0.05) is 24.3 Å². The van der Waals surface area contributed by atoms with E-state index >= 15 is 0 Å². The van der Waals surface area contributed by atoms with Gasteiger partial charge in [0.2, 0.25) is 0 Å². The van der Waals surface area contributed by atoms with Gasteiger partial charge in [0, 0.05) is 11.4 Å². The lowest BCUT2D eigenvalue weighted by Gasteiger charge is -2.05. The van der Waals surface area contributed by atoms with Crippen molar-refractivity contribution in [2.75, 3.05) is 5.73 Å². The molecule has 3 N–H and O–H groups in total. The summed E-state index contributed by atoms with van der Waals surface area (Å²) in [5, 5.41) is 10.9. The topological polar surface area (TPSA) is 80.6 Å². The normalized spacial score (nSPS) is 11.0. The van der Waals surface area contributed by atoms with Gasteiger partial charge in [-0.3, -0.25) is 9.20 Å². The smallest absolute Gasteiger partial charge is 0.276 e. The maximum absolute atomic E-state index is 11.3. The average Bonchev–Trinajstić information content (AvgIpc) is 2.83. The van der Waals surface area contributed by atoms with E-state index in [9.17, 15) is 4.79 Å². The van der Waals surface area contributed by atoms with Gasteiger partial charge in [0.25, 0.3) is 5.56 Å². The van der Waals surface area contributed by atoms with Crippen molar-refractivity contribution in [3.8, 4) is 11.3 Å². The van der Waals surface area contributed by atoms with Crippen LogP contribution in [0.2, 0.25) is 0 Å². The number of benzene rings is 1. The first-order valence-electron chi connectivity index (χ1n) is 5.66. The monoisotopic (exact) mass is 273 g/mol. The number of aliphatic hydroxyl groups is 1. The predicted octanol–water partition coefficient (Wildman–Crippen LogP) is 1.50. The van der Waals surface area contributed by atoms with Crippen molar-refractivity contribution < 1.29 is 5.11 Å². The fourth-order valence-corrected chi connectivity index (χ4v) is 2.85. The summed E-state index contributed by atoms with van der Waals surface area (Å²) in [6.45, 7) is 0.0149. The molecule has 0 saturated heterocycles. The van der Waals surface area contributed by atoms with Crippen molar-refractivity contribution in [3.63, 3.8) is 0 Å². The number of hydrogen-bond donors (Lipinski definition) is 2. The van der Waals surface area contributed by atoms with Gasteiger partial charge in [0.15, 0.2) is 4.96 Å². The standard InChI is InChI=1S/C13H11N3O2S/c14-11-5-12(18)15-13-16(11)10(7-19-13)9-3-1-8(6-17)2-4-9/h1-5,7,17H,6,14H2. The first kappa shape index (κ1) is 11.9. The Morgan fingerprint density at radius 3 is 2.74 bits per heavy atom. The summed E-state index contributed by atoms with van der Waals surface area (Å²) in [5.74, 6) is 0.373. The molecule has 96 valence electrons. The highest BCUT2D eigenvalue weighted by molar-refractivity contribution is 7.15. The summed E-state index contributed by atoms with van der Waals surface area (Å²) in [6.07, 6.45) is 0. The Labute approximate surface area is 112 Å². The third kappa shape index (κ3) is 2.00. The van der Waals surface area contributed by atoms with Crippen LogP contribution in [0.25, 0.3) is 16.2 Å². The largest absolute Gasteiger partial charge is 0.392 e. The molecule has 19 heavy (non-hydrogen) atoms. The first-order chi connectivity index (χ1) is 9.19. The summed E-state index contributed by atoms with van der Waals surface area (Å²) < 4.78 is 1.75. The molecule has 0 fully saturated rings. The van der Waals surface area contributed by atoms with Crippen LogP contribution in [-0.2, 0) is 6.61 Å². The van der Waals surface area contributed by atoms with Gasteiger partial charge in [0.1, 0.15) is 5.82 Å². The van der Waals surface area contributed by atoms with E-state index in [1.54, 1.807) is 4.40 Å². The van der Waals surface area contributed by atoms with Gasteiger partial charge >= 0.3 is 0 Å². The van der Waals surface area contributed by atoms with E-state index in [-0.39, 0.29) is 12.2 Å². The van der Waals surface area contributed by atoms with Crippen LogP contribution in [0.4, 0.5) is 5.82 Å². The number of anilines is 1. The van der Waals surface area contributed by atoms with E-state index in [1.165, 1.54) is 17.4 Å². The Balaban J connectivity index is 2.22. The maximum atomic E-state index is 11.3. The quantitative estimate of drug-likeness (QED) is 0.741. The molecule has 0 aliphatic rings. The number of fused-ring (bicyclic) bond motifs is 1. The van der Waals surface area contributed by atoms with Crippen molar-refractivity contribution in [1.29, 1.82) is 0 Å². The van der Waals surface area contributed by atoms with Gasteiger partial charge in [-0.25, -0.2) is 0 Å². The number of aromatic nitrogens is 2. The molecule has 0 radical (unpaired) electrons. The van der Waals surface area contributed by atoms with Crippen LogP contribution in [0.5, 0.6) is 0 Å². The van der Waals surface area contributed by atoms with Crippen LogP contribution in [0, 0.1) is 0 Å². The van der Waals surface area contributed by atoms with Crippen molar-refractivity contribution in [1.82, 2.24) is 9.38 Å². The molecule has 0 aliphatic heterocycles. The second-order valence-corrected chi connectivity index (χ2v) is 4.95. The number of aliphatic hydroxyl groups excluding tert-OH is 1. The van der Waals surface area contributed by atoms with Crippen molar-refractivity contribution >= 4 is 22.1 Å². The second-order valence-electron chi connectivity index (χ2n) is 4.11. The predicted molar refractivity (Wildman–Crippen MR) is 75.1 cm³/mol. The summed E-state index contributed by atoms with van der Waals surface area (Å²) in [5.41, 5.74) is 8.24. The third-order valence-electron chi connectivity index (χ3n) is 2.88. The molecule has 0 spiro atoms. The van der Waals surface area contributed by atoms with Crippen molar-refractivity contribution in [2.45, 2.75) is 6.61 Å². The molecule has 2 heterocycles. The minimum atomic E-state index is -0.332. The highest BCUT2D eigenvalue weighted by Crippen LogP contribution is 2.26. The first-order valence-corrected chi connectivity index (χ1v) is 6.54. The Morgan fingerprint density at radius 1 is 1.32 bits per heavy atom. The highest BCUT2D eigenvalue weighted by atomic mass is 32.1. The second kappa shape index (κ2) is 4.49. The van der Waals surface area contributed by atoms with Crippen LogP contribution in [-0.4, -0.2) is 14.5 Å². The molecule has 3 aromatic rings. The van der Waals surface area contributed by atoms with Gasteiger partial charge in [-0.15, -0.1) is 11.3 Å². The molecule has 0 aliphatic carbocycles. The van der Waals surface area contributed by atoms with Crippen molar-refractivity contribution in [3.05, 3.63) is 51.6 Å². The van der Waals surface area contributed by atoms with Gasteiger partial charge in [0.05, 0.1) is 12.3 Å². The number of thiazole rings is 1. The van der Waals surface area contributed by atoms with Gasteiger partial charge in [-0.2, -0.15) is 4.98 Å². The van der Waals surface area contributed by atoms with Crippen LogP contribution in [0.3, 0.4) is 0 Å². The molecule has 1 aromatic carbocycles. The molecule has 0 amide bonds. The van der Waals surface area contributed by atoms with E-state index in [0.717, 1.165) is 16.8 Å². The summed E-state index contributed by atoms with van der Waals surface area (Å²) in [7, 11) is 0. The molecule has 0 unspecified atom stereocenters. The van der Waals surface area contributed by atoms with E-state index in [4.69, 9.17) is 10.8 Å². The lowest BCUT2D eigenvalue weighted by molar-refractivity contribution is 0.282. The lowest BCUT2D eigenvalue weighted by Crippen LogP contribution is -2.10. The average molecular weight is 273 g/mol. The maximum Gasteiger partial charge on any atom is 0.276 e. The number of rotatable bonds is 2. The zero-order chi connectivity index (χ0) is 13.4. The zero-order valence-electron chi connectivity index (χ0n) is 9.91. The summed E-state index contributed by atoms with van der Waals surface area (Å²) >= 11 is 1.37. The Bertz CT molecular complexity index is 790. The fourth-order valence-electron chi connectivity index (χ4n) is 1.94. The summed E-state index contributed by atoms with van der Waals surface area (Å²) in [4.78, 5) is 15.8. The minimum absolute atomic E-state index is 0.0149. The van der Waals surface area contributed by atoms with E-state index in [2.05, 4.69) is 4.98 Å². The SMILES string of the molecule is Nc1cc(=O)nc2scc(-c3ccc(CO)cc3)n12. The number of hydrogen-bond acceptors (Lipinski definition) is 5. The Morgan fingerprint density at radius 2 is 2.05 bits per heavy atom. The van der Waals surface area contributed by atoms with Crippen LogP contribution in [0.15, 0.2) is 40.5 Å². The number of nitrogen functional groups attached to an aromatic ring is 1. The molecule has 0 atom stereocenters. The Kier molecular flexibility index (Phi) is 2.81. The molecule has 3 rings (SSSR count). The highest BCUT2D eigenvalue weighted by Gasteiger charge is 2.09. The number of nitrogens with two attached hydrogens (primary N) is 1. The van der Waals surface area contributed by atoms with Crippen molar-refractivity contribution in [2.24, 2.45) is 0 Å². The fraction of sp³-hybridized carbons (Fsp3) is 0.0769. The Hall–Kier alpha value is -2.18. The third-order valence-corrected chi connectivity index (χ3v) is 3.70. The molecule has 0 saturated carbocycles. The van der Waals surface area contributed by atoms with Crippen LogP contribution < -0.4 is 11.3 Å². The van der Waals surface area contributed by atoms with Gasteiger partial charge in [-0.05, 0) is 11.1 Å². The molecule has 5 nitrogen and oxygen atoms in total. The van der Waals surface area contributed by atoms with Crippen LogP contribution in [0.1, 0.15) is 5.56 Å². The molecular weight excluding hydrogens is 262 g/mol. The van der Waals surface area contributed by atoms with Crippen LogP contribution >= 0.6 is 11.3 Å². The molecule has 2 aromatic heterocycles. The zero-order valence-corrected chi connectivity index (χ0v) is 10.7. The molecule has 6 heteroatoms. The molecular formula is C13H11N3O2S. The summed E-state index contributed by atoms with van der Waals surface area (Å²) in [6, 6.07) is 8.83. The van der Waals surface area contributed by atoms with E-state index in [1.807, 2.05) is 29.6 Å². The van der Waals surface area contributed by atoms with E-state index < -0.39 is 0 Å².